The molecule has 0 unspecified atom stereocenters. The van der Waals surface area contributed by atoms with E-state index in [0.717, 1.165) is 13.0 Å². The van der Waals surface area contributed by atoms with Crippen LogP contribution in [0.15, 0.2) is 45.6 Å². The van der Waals surface area contributed by atoms with E-state index < -0.39 is 6.04 Å². The lowest BCUT2D eigenvalue weighted by Crippen LogP contribution is -2.32. The molecule has 1 aliphatic heterocycles. The van der Waals surface area contributed by atoms with Gasteiger partial charge < -0.3 is 14.2 Å². The van der Waals surface area contributed by atoms with Crippen LogP contribution >= 0.6 is 34.8 Å². The zero-order chi connectivity index (χ0) is 21.6. The number of benzene rings is 2. The maximum Gasteiger partial charge on any atom is 0.290 e. The highest BCUT2D eigenvalue weighted by Crippen LogP contribution is 2.40. The van der Waals surface area contributed by atoms with Gasteiger partial charge in [0.2, 0.25) is 5.76 Å². The Hall–Kier alpha value is -2.05. The summed E-state index contributed by atoms with van der Waals surface area (Å²) in [6, 6.07) is 9.33. The molecule has 2 aromatic carbocycles. The van der Waals surface area contributed by atoms with Gasteiger partial charge in [0.05, 0.1) is 27.0 Å². The Labute approximate surface area is 188 Å². The van der Waals surface area contributed by atoms with Gasteiger partial charge in [-0.15, -0.1) is 0 Å². The van der Waals surface area contributed by atoms with Crippen LogP contribution in [0.5, 0.6) is 0 Å². The first-order valence-electron chi connectivity index (χ1n) is 9.45. The number of carbonyl (C=O) groups is 1. The monoisotopic (exact) mass is 464 g/mol. The second-order valence-corrected chi connectivity index (χ2v) is 8.80. The zero-order valence-electron chi connectivity index (χ0n) is 16.4. The molecule has 0 aliphatic carbocycles. The number of amides is 1. The molecule has 3 aromatic rings. The average molecular weight is 466 g/mol. The van der Waals surface area contributed by atoms with E-state index in [0.29, 0.717) is 43.7 Å². The van der Waals surface area contributed by atoms with Crippen molar-refractivity contribution in [2.24, 2.45) is 0 Å². The predicted octanol–water partition coefficient (Wildman–Crippen LogP) is 5.25. The van der Waals surface area contributed by atoms with Crippen molar-refractivity contribution in [1.29, 1.82) is 0 Å². The van der Waals surface area contributed by atoms with E-state index in [2.05, 4.69) is 0 Å². The number of rotatable bonds is 5. The topological polar surface area (TPSA) is 53.8 Å². The number of carbonyl (C=O) groups excluding carboxylic acids is 1. The molecule has 0 radical (unpaired) electrons. The van der Waals surface area contributed by atoms with Crippen molar-refractivity contribution in [3.05, 3.63) is 78.6 Å². The van der Waals surface area contributed by atoms with E-state index >= 15 is 0 Å². The molecule has 0 saturated carbocycles. The van der Waals surface area contributed by atoms with Gasteiger partial charge in [0.15, 0.2) is 5.43 Å². The average Bonchev–Trinajstić information content (AvgIpc) is 2.97. The first kappa shape index (κ1) is 21.2. The van der Waals surface area contributed by atoms with E-state index in [1.165, 1.54) is 0 Å². The fraction of sp³-hybridized carbons (Fsp3) is 0.273. The lowest BCUT2D eigenvalue weighted by Gasteiger charge is -2.26. The molecule has 1 aliphatic rings. The quantitative estimate of drug-likeness (QED) is 0.516. The van der Waals surface area contributed by atoms with Gasteiger partial charge in [0.1, 0.15) is 5.58 Å². The van der Waals surface area contributed by atoms with Crippen molar-refractivity contribution in [1.82, 2.24) is 9.80 Å². The third-order valence-electron chi connectivity index (χ3n) is 5.19. The Balaban J connectivity index is 1.90. The van der Waals surface area contributed by atoms with Gasteiger partial charge in [-0.2, -0.15) is 0 Å². The summed E-state index contributed by atoms with van der Waals surface area (Å²) in [4.78, 5) is 30.4. The maximum atomic E-state index is 13.4. The molecule has 1 aromatic heterocycles. The Morgan fingerprint density at radius 2 is 1.80 bits per heavy atom. The van der Waals surface area contributed by atoms with Crippen LogP contribution in [0.4, 0.5) is 0 Å². The number of halogens is 3. The molecule has 156 valence electrons. The first-order chi connectivity index (χ1) is 14.3. The molecule has 0 saturated heterocycles. The Morgan fingerprint density at radius 3 is 2.50 bits per heavy atom. The lowest BCUT2D eigenvalue weighted by atomic mass is 9.98. The highest BCUT2D eigenvalue weighted by molar-refractivity contribution is 6.42. The van der Waals surface area contributed by atoms with Crippen LogP contribution in [0, 0.1) is 0 Å². The molecule has 1 amide bonds. The largest absolute Gasteiger partial charge is 0.450 e. The molecule has 4 rings (SSSR count). The Morgan fingerprint density at radius 1 is 1.03 bits per heavy atom. The predicted molar refractivity (Wildman–Crippen MR) is 120 cm³/mol. The minimum absolute atomic E-state index is 0.0655. The molecule has 0 bridgehead atoms. The third kappa shape index (κ3) is 3.71. The van der Waals surface area contributed by atoms with Crippen LogP contribution < -0.4 is 5.43 Å². The van der Waals surface area contributed by atoms with Crippen molar-refractivity contribution >= 4 is 51.7 Å². The van der Waals surface area contributed by atoms with E-state index in [4.69, 9.17) is 39.2 Å². The summed E-state index contributed by atoms with van der Waals surface area (Å²) in [6.07, 6.45) is 0.740. The molecule has 8 heteroatoms. The summed E-state index contributed by atoms with van der Waals surface area (Å²) in [7, 11) is 3.94. The maximum absolute atomic E-state index is 13.4. The number of fused-ring (bicyclic) bond motifs is 2. The number of hydrogen-bond donors (Lipinski definition) is 0. The van der Waals surface area contributed by atoms with Crippen LogP contribution in [0.3, 0.4) is 0 Å². The highest BCUT2D eigenvalue weighted by Gasteiger charge is 2.42. The minimum Gasteiger partial charge on any atom is -0.450 e. The van der Waals surface area contributed by atoms with Gasteiger partial charge in [-0.1, -0.05) is 40.9 Å². The van der Waals surface area contributed by atoms with Crippen LogP contribution in [0.2, 0.25) is 15.1 Å². The molecular formula is C22H19Cl3N2O3. The number of nitrogens with zero attached hydrogens (tertiary/aromatic N) is 2. The number of hydrogen-bond acceptors (Lipinski definition) is 4. The van der Waals surface area contributed by atoms with Crippen LogP contribution in [0.1, 0.15) is 34.1 Å². The van der Waals surface area contributed by atoms with E-state index in [-0.39, 0.29) is 17.1 Å². The second-order valence-electron chi connectivity index (χ2n) is 7.55. The van der Waals surface area contributed by atoms with E-state index in [9.17, 15) is 9.59 Å². The summed E-state index contributed by atoms with van der Waals surface area (Å²) in [5.74, 6) is -0.246. The van der Waals surface area contributed by atoms with Gasteiger partial charge >= 0.3 is 0 Å². The second kappa shape index (κ2) is 8.23. The smallest absolute Gasteiger partial charge is 0.290 e. The summed E-state index contributed by atoms with van der Waals surface area (Å²) in [5.41, 5.74) is 1.07. The highest BCUT2D eigenvalue weighted by atomic mass is 35.5. The van der Waals surface area contributed by atoms with Crippen molar-refractivity contribution in [3.8, 4) is 0 Å². The van der Waals surface area contributed by atoms with Gasteiger partial charge in [-0.25, -0.2) is 0 Å². The van der Waals surface area contributed by atoms with E-state index in [1.807, 2.05) is 19.0 Å². The molecule has 1 atom stereocenters. The van der Waals surface area contributed by atoms with Crippen molar-refractivity contribution in [3.63, 3.8) is 0 Å². The fourth-order valence-electron chi connectivity index (χ4n) is 3.81. The van der Waals surface area contributed by atoms with Gasteiger partial charge in [-0.05, 0) is 63.0 Å². The molecule has 2 heterocycles. The SMILES string of the molecule is CN(C)CCCN1C(=O)c2oc3ccc(Cl)cc3c(=O)c2[C@@H]1c1ccc(Cl)c(Cl)c1. The van der Waals surface area contributed by atoms with Crippen LogP contribution in [-0.4, -0.2) is 42.9 Å². The molecular weight excluding hydrogens is 447 g/mol. The molecule has 30 heavy (non-hydrogen) atoms. The van der Waals surface area contributed by atoms with Gasteiger partial charge in [-0.3, -0.25) is 9.59 Å². The van der Waals surface area contributed by atoms with Crippen molar-refractivity contribution < 1.29 is 9.21 Å². The normalized spacial score (nSPS) is 16.0. The molecule has 5 nitrogen and oxygen atoms in total. The minimum atomic E-state index is -0.607. The van der Waals surface area contributed by atoms with Crippen LogP contribution in [-0.2, 0) is 0 Å². The Bertz CT molecular complexity index is 1210. The first-order valence-corrected chi connectivity index (χ1v) is 10.6. The fourth-order valence-corrected chi connectivity index (χ4v) is 4.29. The third-order valence-corrected chi connectivity index (χ3v) is 6.17. The molecule has 0 spiro atoms. The zero-order valence-corrected chi connectivity index (χ0v) is 18.7. The molecule has 0 fully saturated rings. The molecule has 0 N–H and O–H groups in total. The van der Waals surface area contributed by atoms with Crippen molar-refractivity contribution in [2.45, 2.75) is 12.5 Å². The lowest BCUT2D eigenvalue weighted by molar-refractivity contribution is 0.0722. The summed E-state index contributed by atoms with van der Waals surface area (Å²) < 4.78 is 5.90. The van der Waals surface area contributed by atoms with Crippen LogP contribution in [0.25, 0.3) is 11.0 Å². The van der Waals surface area contributed by atoms with Gasteiger partial charge in [0, 0.05) is 11.6 Å². The van der Waals surface area contributed by atoms with Gasteiger partial charge in [0.25, 0.3) is 5.91 Å². The van der Waals surface area contributed by atoms with E-state index in [1.54, 1.807) is 41.3 Å². The summed E-state index contributed by atoms with van der Waals surface area (Å²) >= 11 is 18.4. The van der Waals surface area contributed by atoms with Crippen molar-refractivity contribution in [2.75, 3.05) is 27.2 Å². The standard InChI is InChI=1S/C22H19Cl3N2O3/c1-26(2)8-3-9-27-19(12-4-6-15(24)16(25)10-12)18-20(28)14-11-13(23)5-7-17(14)30-21(18)22(27)29/h4-7,10-11,19H,3,8-9H2,1-2H3/t19-/m0/s1. The summed E-state index contributed by atoms with van der Waals surface area (Å²) in [5, 5.41) is 1.53. The Kier molecular flexibility index (Phi) is 5.82. The summed E-state index contributed by atoms with van der Waals surface area (Å²) in [6.45, 7) is 1.26.